The van der Waals surface area contributed by atoms with E-state index in [1.165, 1.54) is 5.56 Å². The van der Waals surface area contributed by atoms with Gasteiger partial charge >= 0.3 is 0 Å². The van der Waals surface area contributed by atoms with Gasteiger partial charge in [-0.15, -0.1) is 0 Å². The highest BCUT2D eigenvalue weighted by atomic mass is 16.5. The summed E-state index contributed by atoms with van der Waals surface area (Å²) in [6.07, 6.45) is 0.544. The molecule has 1 aromatic carbocycles. The lowest BCUT2D eigenvalue weighted by Gasteiger charge is -2.30. The second-order valence-corrected chi connectivity index (χ2v) is 5.12. The van der Waals surface area contributed by atoms with Crippen LogP contribution in [0, 0.1) is 0 Å². The zero-order valence-electron chi connectivity index (χ0n) is 12.1. The minimum absolute atomic E-state index is 0.00406. The summed E-state index contributed by atoms with van der Waals surface area (Å²) in [6.45, 7) is 7.01. The van der Waals surface area contributed by atoms with Gasteiger partial charge in [0.1, 0.15) is 5.75 Å². The molecule has 1 aromatic rings. The van der Waals surface area contributed by atoms with E-state index in [0.29, 0.717) is 6.04 Å². The number of amides is 1. The van der Waals surface area contributed by atoms with Gasteiger partial charge in [-0.1, -0.05) is 13.0 Å². The molecule has 4 heteroatoms. The lowest BCUT2D eigenvalue weighted by molar-refractivity contribution is -0.125. The molecule has 0 spiro atoms. The van der Waals surface area contributed by atoms with Crippen LogP contribution < -0.4 is 15.0 Å². The van der Waals surface area contributed by atoms with Gasteiger partial charge < -0.3 is 15.0 Å². The number of hydrogen-bond donors (Lipinski definition) is 1. The standard InChI is InChI=1S/C15H22N2O2/c1-5-16-10(2)8-12-6-7-14-13(9-12)17(4)15(18)11(3)19-14/h6-7,9-11,16H,5,8H2,1-4H3. The number of carbonyl (C=O) groups excluding carboxylic acids is 1. The van der Waals surface area contributed by atoms with Gasteiger partial charge in [-0.25, -0.2) is 0 Å². The van der Waals surface area contributed by atoms with Crippen molar-refractivity contribution < 1.29 is 9.53 Å². The molecule has 0 radical (unpaired) electrons. The average Bonchev–Trinajstić information content (AvgIpc) is 2.37. The van der Waals surface area contributed by atoms with Crippen LogP contribution in [0.15, 0.2) is 18.2 Å². The van der Waals surface area contributed by atoms with E-state index >= 15 is 0 Å². The van der Waals surface area contributed by atoms with Gasteiger partial charge in [-0.3, -0.25) is 4.79 Å². The lowest BCUT2D eigenvalue weighted by atomic mass is 10.0. The molecule has 0 bridgehead atoms. The Kier molecular flexibility index (Phi) is 4.10. The summed E-state index contributed by atoms with van der Waals surface area (Å²) in [6, 6.07) is 6.51. The molecule has 2 unspecified atom stereocenters. The minimum atomic E-state index is -0.399. The molecule has 0 aromatic heterocycles. The van der Waals surface area contributed by atoms with Crippen molar-refractivity contribution in [3.63, 3.8) is 0 Å². The van der Waals surface area contributed by atoms with Gasteiger partial charge in [0.05, 0.1) is 5.69 Å². The second kappa shape index (κ2) is 5.61. The summed E-state index contributed by atoms with van der Waals surface area (Å²) >= 11 is 0. The smallest absolute Gasteiger partial charge is 0.267 e. The number of likely N-dealkylation sites (N-methyl/N-ethyl adjacent to an activating group) is 2. The third-order valence-corrected chi connectivity index (χ3v) is 3.46. The number of benzene rings is 1. The van der Waals surface area contributed by atoms with Crippen LogP contribution in [0.1, 0.15) is 26.3 Å². The molecule has 0 saturated carbocycles. The number of anilines is 1. The molecule has 0 fully saturated rings. The van der Waals surface area contributed by atoms with E-state index in [1.807, 2.05) is 12.1 Å². The molecule has 1 N–H and O–H groups in total. The van der Waals surface area contributed by atoms with Crippen molar-refractivity contribution in [3.8, 4) is 5.75 Å². The normalized spacial score (nSPS) is 19.9. The number of hydrogen-bond acceptors (Lipinski definition) is 3. The molecule has 1 heterocycles. The zero-order chi connectivity index (χ0) is 14.0. The number of nitrogens with zero attached hydrogens (tertiary/aromatic N) is 1. The molecule has 2 atom stereocenters. The predicted molar refractivity (Wildman–Crippen MR) is 76.8 cm³/mol. The van der Waals surface area contributed by atoms with E-state index < -0.39 is 6.10 Å². The fraction of sp³-hybridized carbons (Fsp3) is 0.533. The Morgan fingerprint density at radius 3 is 2.89 bits per heavy atom. The van der Waals surface area contributed by atoms with Crippen molar-refractivity contribution in [2.75, 3.05) is 18.5 Å². The summed E-state index contributed by atoms with van der Waals surface area (Å²) in [4.78, 5) is 13.6. The van der Waals surface area contributed by atoms with Crippen LogP contribution in [0.2, 0.25) is 0 Å². The van der Waals surface area contributed by atoms with Gasteiger partial charge in [0.25, 0.3) is 5.91 Å². The summed E-state index contributed by atoms with van der Waals surface area (Å²) in [5, 5.41) is 3.39. The maximum atomic E-state index is 11.9. The Morgan fingerprint density at radius 1 is 1.47 bits per heavy atom. The Morgan fingerprint density at radius 2 is 2.21 bits per heavy atom. The van der Waals surface area contributed by atoms with Crippen molar-refractivity contribution in [1.82, 2.24) is 5.32 Å². The van der Waals surface area contributed by atoms with Gasteiger partial charge in [0.2, 0.25) is 0 Å². The van der Waals surface area contributed by atoms with Crippen molar-refractivity contribution in [1.29, 1.82) is 0 Å². The monoisotopic (exact) mass is 262 g/mol. The van der Waals surface area contributed by atoms with Crippen LogP contribution in [-0.4, -0.2) is 31.6 Å². The van der Waals surface area contributed by atoms with Crippen molar-refractivity contribution in [3.05, 3.63) is 23.8 Å². The van der Waals surface area contributed by atoms with Gasteiger partial charge in [-0.2, -0.15) is 0 Å². The summed E-state index contributed by atoms with van der Waals surface area (Å²) in [7, 11) is 1.80. The van der Waals surface area contributed by atoms with Crippen molar-refractivity contribution >= 4 is 11.6 Å². The Labute approximate surface area is 114 Å². The highest BCUT2D eigenvalue weighted by Crippen LogP contribution is 2.34. The number of nitrogens with one attached hydrogen (secondary N) is 1. The second-order valence-electron chi connectivity index (χ2n) is 5.12. The molecule has 104 valence electrons. The minimum Gasteiger partial charge on any atom is -0.479 e. The van der Waals surface area contributed by atoms with Crippen LogP contribution >= 0.6 is 0 Å². The third kappa shape index (κ3) is 2.89. The van der Waals surface area contributed by atoms with Gasteiger partial charge in [0.15, 0.2) is 6.10 Å². The Bertz CT molecular complexity index is 473. The molecule has 0 saturated heterocycles. The van der Waals surface area contributed by atoms with E-state index in [4.69, 9.17) is 4.74 Å². The van der Waals surface area contributed by atoms with E-state index in [9.17, 15) is 4.79 Å². The number of rotatable bonds is 4. The maximum Gasteiger partial charge on any atom is 0.267 e. The van der Waals surface area contributed by atoms with E-state index in [1.54, 1.807) is 18.9 Å². The zero-order valence-corrected chi connectivity index (χ0v) is 12.1. The molecule has 1 aliphatic heterocycles. The number of carbonyl (C=O) groups is 1. The van der Waals surface area contributed by atoms with Gasteiger partial charge in [0, 0.05) is 13.1 Å². The average molecular weight is 262 g/mol. The SMILES string of the molecule is CCNC(C)Cc1ccc2c(c1)N(C)C(=O)C(C)O2. The summed E-state index contributed by atoms with van der Waals surface area (Å²) in [5.41, 5.74) is 2.08. The van der Waals surface area contributed by atoms with Crippen LogP contribution in [0.3, 0.4) is 0 Å². The van der Waals surface area contributed by atoms with Crippen LogP contribution in [0.5, 0.6) is 5.75 Å². The molecule has 4 nitrogen and oxygen atoms in total. The first kappa shape index (κ1) is 13.9. The molecule has 1 aliphatic rings. The first-order valence-electron chi connectivity index (χ1n) is 6.83. The number of fused-ring (bicyclic) bond motifs is 1. The van der Waals surface area contributed by atoms with E-state index in [-0.39, 0.29) is 5.91 Å². The van der Waals surface area contributed by atoms with Crippen molar-refractivity contribution in [2.45, 2.75) is 39.3 Å². The fourth-order valence-corrected chi connectivity index (χ4v) is 2.46. The lowest BCUT2D eigenvalue weighted by Crippen LogP contribution is -2.42. The maximum absolute atomic E-state index is 11.9. The number of ether oxygens (including phenoxy) is 1. The van der Waals surface area contributed by atoms with Crippen LogP contribution in [0.4, 0.5) is 5.69 Å². The van der Waals surface area contributed by atoms with Gasteiger partial charge in [-0.05, 0) is 44.5 Å². The molecule has 2 rings (SSSR count). The van der Waals surface area contributed by atoms with Crippen LogP contribution in [0.25, 0.3) is 0 Å². The van der Waals surface area contributed by atoms with E-state index in [0.717, 1.165) is 24.4 Å². The Balaban J connectivity index is 2.21. The highest BCUT2D eigenvalue weighted by Gasteiger charge is 2.28. The first-order chi connectivity index (χ1) is 9.02. The molecular weight excluding hydrogens is 240 g/mol. The largest absolute Gasteiger partial charge is 0.479 e. The topological polar surface area (TPSA) is 41.6 Å². The third-order valence-electron chi connectivity index (χ3n) is 3.46. The molecule has 1 amide bonds. The molecule has 0 aliphatic carbocycles. The Hall–Kier alpha value is -1.55. The quantitative estimate of drug-likeness (QED) is 0.902. The van der Waals surface area contributed by atoms with Crippen LogP contribution in [-0.2, 0) is 11.2 Å². The highest BCUT2D eigenvalue weighted by molar-refractivity contribution is 5.99. The fourth-order valence-electron chi connectivity index (χ4n) is 2.46. The molecular formula is C15H22N2O2. The molecule has 19 heavy (non-hydrogen) atoms. The van der Waals surface area contributed by atoms with E-state index in [2.05, 4.69) is 25.2 Å². The predicted octanol–water partition coefficient (Wildman–Crippen LogP) is 1.97. The van der Waals surface area contributed by atoms with Crippen molar-refractivity contribution in [2.24, 2.45) is 0 Å². The first-order valence-corrected chi connectivity index (χ1v) is 6.83. The summed E-state index contributed by atoms with van der Waals surface area (Å²) in [5.74, 6) is 0.791. The summed E-state index contributed by atoms with van der Waals surface area (Å²) < 4.78 is 5.62.